The van der Waals surface area contributed by atoms with Crippen LogP contribution in [0.15, 0.2) is 22.7 Å². The summed E-state index contributed by atoms with van der Waals surface area (Å²) < 4.78 is 11.2. The number of rotatable bonds is 6. The standard InChI is InChI=1S/C16H20BrNO5/c1-22-6-7-23-14-2-4-18(5-3-14)15(19)11-8-12(16(20)21)10-13(17)9-11/h8-10,14H,2-7H2,1H3,(H,20,21). The molecular formula is C16H20BrNO5. The Bertz CT molecular complexity index is 570. The summed E-state index contributed by atoms with van der Waals surface area (Å²) >= 11 is 3.25. The number of carbonyl (C=O) groups is 2. The van der Waals surface area contributed by atoms with Crippen molar-refractivity contribution in [2.45, 2.75) is 18.9 Å². The summed E-state index contributed by atoms with van der Waals surface area (Å²) in [6, 6.07) is 4.54. The van der Waals surface area contributed by atoms with Crippen molar-refractivity contribution in [3.05, 3.63) is 33.8 Å². The first-order chi connectivity index (χ1) is 11.0. The van der Waals surface area contributed by atoms with Crippen LogP contribution in [0.4, 0.5) is 0 Å². The molecular weight excluding hydrogens is 366 g/mol. The van der Waals surface area contributed by atoms with Crippen molar-refractivity contribution in [1.82, 2.24) is 4.90 Å². The molecule has 0 bridgehead atoms. The lowest BCUT2D eigenvalue weighted by Gasteiger charge is -2.32. The molecule has 0 unspecified atom stereocenters. The van der Waals surface area contributed by atoms with E-state index < -0.39 is 5.97 Å². The number of hydrogen-bond donors (Lipinski definition) is 1. The molecule has 1 heterocycles. The van der Waals surface area contributed by atoms with Gasteiger partial charge >= 0.3 is 5.97 Å². The molecule has 1 aromatic rings. The number of carboxylic acids is 1. The second kappa shape index (κ2) is 8.42. The van der Waals surface area contributed by atoms with Crippen LogP contribution in [0, 0.1) is 0 Å². The minimum absolute atomic E-state index is 0.0977. The van der Waals surface area contributed by atoms with E-state index in [-0.39, 0.29) is 17.6 Å². The van der Waals surface area contributed by atoms with Crippen LogP contribution in [0.2, 0.25) is 0 Å². The van der Waals surface area contributed by atoms with E-state index in [4.69, 9.17) is 14.6 Å². The molecule has 0 saturated carbocycles. The fourth-order valence-electron chi connectivity index (χ4n) is 2.54. The van der Waals surface area contributed by atoms with E-state index in [2.05, 4.69) is 15.9 Å². The maximum atomic E-state index is 12.5. The van der Waals surface area contributed by atoms with Crippen LogP contribution in [0.5, 0.6) is 0 Å². The van der Waals surface area contributed by atoms with Crippen molar-refractivity contribution in [2.75, 3.05) is 33.4 Å². The minimum atomic E-state index is -1.05. The van der Waals surface area contributed by atoms with Gasteiger partial charge in [-0.05, 0) is 31.0 Å². The average molecular weight is 386 g/mol. The third kappa shape index (κ3) is 5.02. The Morgan fingerprint density at radius 2 is 1.87 bits per heavy atom. The second-order valence-electron chi connectivity index (χ2n) is 5.39. The highest BCUT2D eigenvalue weighted by molar-refractivity contribution is 9.10. The van der Waals surface area contributed by atoms with Crippen LogP contribution in [-0.2, 0) is 9.47 Å². The number of carbonyl (C=O) groups excluding carboxylic acids is 1. The predicted octanol–water partition coefficient (Wildman–Crippen LogP) is 2.41. The molecule has 23 heavy (non-hydrogen) atoms. The van der Waals surface area contributed by atoms with Crippen LogP contribution < -0.4 is 0 Å². The van der Waals surface area contributed by atoms with E-state index in [1.54, 1.807) is 18.1 Å². The molecule has 1 aliphatic heterocycles. The lowest BCUT2D eigenvalue weighted by atomic mass is 10.0. The number of aromatic carboxylic acids is 1. The molecule has 1 saturated heterocycles. The molecule has 1 N–H and O–H groups in total. The normalized spacial score (nSPS) is 15.7. The van der Waals surface area contributed by atoms with Gasteiger partial charge in [0.15, 0.2) is 0 Å². The quantitative estimate of drug-likeness (QED) is 0.760. The van der Waals surface area contributed by atoms with Gasteiger partial charge in [-0.25, -0.2) is 4.79 Å². The summed E-state index contributed by atoms with van der Waals surface area (Å²) in [5, 5.41) is 9.09. The van der Waals surface area contributed by atoms with Crippen LogP contribution >= 0.6 is 15.9 Å². The molecule has 2 rings (SSSR count). The van der Waals surface area contributed by atoms with E-state index >= 15 is 0 Å². The number of carboxylic acid groups (broad SMARTS) is 1. The highest BCUT2D eigenvalue weighted by atomic mass is 79.9. The maximum Gasteiger partial charge on any atom is 0.335 e. The summed E-state index contributed by atoms with van der Waals surface area (Å²) in [4.78, 5) is 25.4. The first-order valence-electron chi connectivity index (χ1n) is 7.45. The Morgan fingerprint density at radius 3 is 2.48 bits per heavy atom. The SMILES string of the molecule is COCCOC1CCN(C(=O)c2cc(Br)cc(C(=O)O)c2)CC1. The molecule has 1 aliphatic rings. The van der Waals surface area contributed by atoms with Crippen molar-refractivity contribution in [2.24, 2.45) is 0 Å². The van der Waals surface area contributed by atoms with Crippen molar-refractivity contribution >= 4 is 27.8 Å². The zero-order valence-electron chi connectivity index (χ0n) is 13.0. The summed E-state index contributed by atoms with van der Waals surface area (Å²) in [6.07, 6.45) is 1.69. The largest absolute Gasteiger partial charge is 0.478 e. The summed E-state index contributed by atoms with van der Waals surface area (Å²) in [5.74, 6) is -1.20. The highest BCUT2D eigenvalue weighted by Gasteiger charge is 2.24. The van der Waals surface area contributed by atoms with Crippen LogP contribution in [0.25, 0.3) is 0 Å². The Labute approximate surface area is 143 Å². The van der Waals surface area contributed by atoms with Gasteiger partial charge in [-0.1, -0.05) is 15.9 Å². The Kier molecular flexibility index (Phi) is 6.56. The van der Waals surface area contributed by atoms with Gasteiger partial charge in [-0.3, -0.25) is 4.79 Å². The minimum Gasteiger partial charge on any atom is -0.478 e. The van der Waals surface area contributed by atoms with Gasteiger partial charge in [0, 0.05) is 30.2 Å². The number of methoxy groups -OCH3 is 1. The Morgan fingerprint density at radius 1 is 1.22 bits per heavy atom. The molecule has 1 fully saturated rings. The van der Waals surface area contributed by atoms with Crippen LogP contribution in [-0.4, -0.2) is 61.4 Å². The summed E-state index contributed by atoms with van der Waals surface area (Å²) in [5.41, 5.74) is 0.482. The molecule has 126 valence electrons. The number of halogens is 1. The lowest BCUT2D eigenvalue weighted by Crippen LogP contribution is -2.41. The highest BCUT2D eigenvalue weighted by Crippen LogP contribution is 2.20. The number of benzene rings is 1. The number of likely N-dealkylation sites (tertiary alicyclic amines) is 1. The number of amides is 1. The zero-order valence-corrected chi connectivity index (χ0v) is 14.5. The van der Waals surface area contributed by atoms with Crippen LogP contribution in [0.3, 0.4) is 0 Å². The third-order valence-electron chi connectivity index (χ3n) is 3.76. The molecule has 0 spiro atoms. The van der Waals surface area contributed by atoms with E-state index in [1.165, 1.54) is 12.1 Å². The van der Waals surface area contributed by atoms with Crippen molar-refractivity contribution in [3.63, 3.8) is 0 Å². The van der Waals surface area contributed by atoms with Gasteiger partial charge in [0.1, 0.15) is 0 Å². The monoisotopic (exact) mass is 385 g/mol. The Hall–Kier alpha value is -1.44. The van der Waals surface area contributed by atoms with Gasteiger partial charge in [-0.15, -0.1) is 0 Å². The first kappa shape index (κ1) is 17.9. The lowest BCUT2D eigenvalue weighted by molar-refractivity contribution is -0.0122. The summed E-state index contributed by atoms with van der Waals surface area (Å²) in [7, 11) is 1.63. The van der Waals surface area contributed by atoms with Crippen LogP contribution in [0.1, 0.15) is 33.6 Å². The molecule has 1 aromatic carbocycles. The first-order valence-corrected chi connectivity index (χ1v) is 8.24. The number of nitrogens with zero attached hydrogens (tertiary/aromatic N) is 1. The number of ether oxygens (including phenoxy) is 2. The molecule has 0 radical (unpaired) electrons. The van der Waals surface area contributed by atoms with Gasteiger partial charge in [0.25, 0.3) is 5.91 Å². The average Bonchev–Trinajstić information content (AvgIpc) is 2.54. The van der Waals surface area contributed by atoms with Gasteiger partial charge in [-0.2, -0.15) is 0 Å². The van der Waals surface area contributed by atoms with Crippen molar-refractivity contribution in [1.29, 1.82) is 0 Å². The molecule has 7 heteroatoms. The maximum absolute atomic E-state index is 12.5. The van der Waals surface area contributed by atoms with Crippen molar-refractivity contribution in [3.8, 4) is 0 Å². The topological polar surface area (TPSA) is 76.1 Å². The molecule has 0 aliphatic carbocycles. The van der Waals surface area contributed by atoms with Gasteiger partial charge in [0.2, 0.25) is 0 Å². The number of hydrogen-bond acceptors (Lipinski definition) is 4. The fraction of sp³-hybridized carbons (Fsp3) is 0.500. The van der Waals surface area contributed by atoms with Gasteiger partial charge in [0.05, 0.1) is 24.9 Å². The Balaban J connectivity index is 1.96. The summed E-state index contributed by atoms with van der Waals surface area (Å²) in [6.45, 7) is 2.33. The van der Waals surface area contributed by atoms with Gasteiger partial charge < -0.3 is 19.5 Å². The van der Waals surface area contributed by atoms with Crippen molar-refractivity contribution < 1.29 is 24.2 Å². The number of piperidine rings is 1. The van der Waals surface area contributed by atoms with E-state index in [9.17, 15) is 9.59 Å². The predicted molar refractivity (Wildman–Crippen MR) is 87.9 cm³/mol. The van der Waals surface area contributed by atoms with E-state index in [1.807, 2.05) is 0 Å². The molecule has 0 atom stereocenters. The van der Waals surface area contributed by atoms with E-state index in [0.717, 1.165) is 12.8 Å². The second-order valence-corrected chi connectivity index (χ2v) is 6.30. The van der Waals surface area contributed by atoms with E-state index in [0.29, 0.717) is 36.3 Å². The third-order valence-corrected chi connectivity index (χ3v) is 4.22. The zero-order chi connectivity index (χ0) is 16.8. The molecule has 1 amide bonds. The molecule has 6 nitrogen and oxygen atoms in total. The smallest absolute Gasteiger partial charge is 0.335 e. The molecule has 0 aromatic heterocycles. The fourth-order valence-corrected chi connectivity index (χ4v) is 3.04.